The van der Waals surface area contributed by atoms with E-state index in [0.717, 1.165) is 42.9 Å². The molecular weight excluding hydrogens is 330 g/mol. The van der Waals surface area contributed by atoms with Gasteiger partial charge < -0.3 is 9.64 Å². The van der Waals surface area contributed by atoms with Crippen molar-refractivity contribution in [2.24, 2.45) is 0 Å². The topological polar surface area (TPSA) is 81.1 Å². The Kier molecular flexibility index (Phi) is 4.88. The quantitative estimate of drug-likeness (QED) is 0.817. The second-order valence-corrected chi connectivity index (χ2v) is 7.04. The number of aryl methyl sites for hydroxylation is 2. The van der Waals surface area contributed by atoms with Gasteiger partial charge in [0.15, 0.2) is 0 Å². The lowest BCUT2D eigenvalue weighted by Crippen LogP contribution is -2.45. The first-order valence-electron chi connectivity index (χ1n) is 9.19. The molecule has 2 fully saturated rings. The van der Waals surface area contributed by atoms with Crippen LogP contribution in [-0.2, 0) is 11.2 Å². The summed E-state index contributed by atoms with van der Waals surface area (Å²) in [5, 5.41) is 0. The number of morpholine rings is 1. The summed E-state index contributed by atoms with van der Waals surface area (Å²) in [6.45, 7) is 3.71. The summed E-state index contributed by atoms with van der Waals surface area (Å²) in [4.78, 5) is 31.7. The number of hydrogen-bond donors (Lipinski definition) is 0. The molecule has 136 valence electrons. The highest BCUT2D eigenvalue weighted by Gasteiger charge is 2.28. The maximum absolute atomic E-state index is 12.7. The van der Waals surface area contributed by atoms with Gasteiger partial charge in [-0.2, -0.15) is 0 Å². The van der Waals surface area contributed by atoms with E-state index >= 15 is 0 Å². The van der Waals surface area contributed by atoms with Crippen molar-refractivity contribution >= 4 is 5.91 Å². The van der Waals surface area contributed by atoms with Gasteiger partial charge >= 0.3 is 0 Å². The Morgan fingerprint density at radius 1 is 1.23 bits per heavy atom. The monoisotopic (exact) mass is 353 g/mol. The normalized spacial score (nSPS) is 20.2. The minimum absolute atomic E-state index is 0.0153. The molecule has 2 aromatic heterocycles. The third kappa shape index (κ3) is 4.04. The van der Waals surface area contributed by atoms with Crippen molar-refractivity contribution < 1.29 is 9.53 Å². The molecule has 7 heteroatoms. The van der Waals surface area contributed by atoms with Crippen LogP contribution >= 0.6 is 0 Å². The fourth-order valence-electron chi connectivity index (χ4n) is 3.22. The highest BCUT2D eigenvalue weighted by Crippen LogP contribution is 2.37. The van der Waals surface area contributed by atoms with E-state index in [1.54, 1.807) is 18.7 Å². The molecule has 1 atom stereocenters. The summed E-state index contributed by atoms with van der Waals surface area (Å²) >= 11 is 0. The fourth-order valence-corrected chi connectivity index (χ4v) is 3.22. The summed E-state index contributed by atoms with van der Waals surface area (Å²) in [6, 6.07) is 1.99. The first-order chi connectivity index (χ1) is 12.7. The lowest BCUT2D eigenvalue weighted by atomic mass is 10.1. The van der Waals surface area contributed by atoms with E-state index in [9.17, 15) is 4.79 Å². The van der Waals surface area contributed by atoms with E-state index in [0.29, 0.717) is 31.2 Å². The number of aromatic nitrogens is 4. The Bertz CT molecular complexity index is 776. The van der Waals surface area contributed by atoms with Crippen LogP contribution < -0.4 is 0 Å². The summed E-state index contributed by atoms with van der Waals surface area (Å²) < 4.78 is 5.84. The molecule has 0 aromatic carbocycles. The molecule has 0 spiro atoms. The highest BCUT2D eigenvalue weighted by atomic mass is 16.5. The highest BCUT2D eigenvalue weighted by molar-refractivity contribution is 5.93. The van der Waals surface area contributed by atoms with Crippen molar-refractivity contribution in [2.45, 2.75) is 44.6 Å². The number of nitrogens with zero attached hydrogens (tertiary/aromatic N) is 5. The second-order valence-electron chi connectivity index (χ2n) is 7.04. The van der Waals surface area contributed by atoms with Gasteiger partial charge in [0.2, 0.25) is 0 Å². The molecule has 3 heterocycles. The third-order valence-corrected chi connectivity index (χ3v) is 4.87. The van der Waals surface area contributed by atoms with Gasteiger partial charge in [-0.05, 0) is 38.7 Å². The minimum Gasteiger partial charge on any atom is -0.375 e. The Labute approximate surface area is 152 Å². The molecule has 2 aromatic rings. The molecule has 1 saturated heterocycles. The van der Waals surface area contributed by atoms with Crippen LogP contribution in [0.2, 0.25) is 0 Å². The molecule has 1 aliphatic carbocycles. The van der Waals surface area contributed by atoms with E-state index in [-0.39, 0.29) is 12.0 Å². The van der Waals surface area contributed by atoms with E-state index in [2.05, 4.69) is 19.9 Å². The number of carbonyl (C=O) groups excluding carboxylic acids is 1. The van der Waals surface area contributed by atoms with Gasteiger partial charge in [0, 0.05) is 42.8 Å². The number of hydrogen-bond acceptors (Lipinski definition) is 6. The van der Waals surface area contributed by atoms with E-state index in [1.165, 1.54) is 0 Å². The smallest absolute Gasteiger partial charge is 0.257 e. The summed E-state index contributed by atoms with van der Waals surface area (Å²) in [5.41, 5.74) is 2.53. The van der Waals surface area contributed by atoms with Crippen molar-refractivity contribution in [1.82, 2.24) is 24.8 Å². The van der Waals surface area contributed by atoms with Crippen LogP contribution in [0.5, 0.6) is 0 Å². The van der Waals surface area contributed by atoms with Gasteiger partial charge in [-0.25, -0.2) is 19.9 Å². The van der Waals surface area contributed by atoms with Gasteiger partial charge in [-0.3, -0.25) is 4.79 Å². The van der Waals surface area contributed by atoms with Gasteiger partial charge in [0.25, 0.3) is 5.91 Å². The molecule has 26 heavy (non-hydrogen) atoms. The van der Waals surface area contributed by atoms with E-state index in [4.69, 9.17) is 4.74 Å². The number of carbonyl (C=O) groups is 1. The average molecular weight is 353 g/mol. The zero-order valence-corrected chi connectivity index (χ0v) is 15.0. The van der Waals surface area contributed by atoms with Gasteiger partial charge in [-0.1, -0.05) is 0 Å². The van der Waals surface area contributed by atoms with Crippen molar-refractivity contribution in [3.63, 3.8) is 0 Å². The van der Waals surface area contributed by atoms with E-state index < -0.39 is 0 Å². The maximum atomic E-state index is 12.7. The number of amides is 1. The van der Waals surface area contributed by atoms with Crippen LogP contribution in [-0.4, -0.2) is 56.5 Å². The summed E-state index contributed by atoms with van der Waals surface area (Å²) in [5.74, 6) is 1.34. The fraction of sp³-hybridized carbons (Fsp3) is 0.526. The lowest BCUT2D eigenvalue weighted by molar-refractivity contribution is -0.0247. The molecule has 7 nitrogen and oxygen atoms in total. The molecule has 0 unspecified atom stereocenters. The SMILES string of the molecule is Cc1cc(CC[C@@H]2CN(C(=O)c3cnc(C4CC4)nc3)CCO2)ncn1. The van der Waals surface area contributed by atoms with Crippen molar-refractivity contribution in [3.05, 3.63) is 47.6 Å². The second kappa shape index (κ2) is 7.45. The zero-order valence-electron chi connectivity index (χ0n) is 15.0. The van der Waals surface area contributed by atoms with Crippen LogP contribution in [0, 0.1) is 6.92 Å². The molecule has 1 amide bonds. The molecule has 0 bridgehead atoms. The van der Waals surface area contributed by atoms with Crippen LogP contribution in [0.3, 0.4) is 0 Å². The average Bonchev–Trinajstić information content (AvgIpc) is 3.52. The van der Waals surface area contributed by atoms with Gasteiger partial charge in [0.1, 0.15) is 12.2 Å². The molecule has 2 aliphatic rings. The first-order valence-corrected chi connectivity index (χ1v) is 9.19. The number of ether oxygens (including phenoxy) is 1. The third-order valence-electron chi connectivity index (χ3n) is 4.87. The minimum atomic E-state index is -0.0153. The van der Waals surface area contributed by atoms with E-state index in [1.807, 2.05) is 17.9 Å². The summed E-state index contributed by atoms with van der Waals surface area (Å²) in [6.07, 6.45) is 8.90. The lowest BCUT2D eigenvalue weighted by Gasteiger charge is -2.33. The summed E-state index contributed by atoms with van der Waals surface area (Å²) in [7, 11) is 0. The van der Waals surface area contributed by atoms with Crippen molar-refractivity contribution in [3.8, 4) is 0 Å². The largest absolute Gasteiger partial charge is 0.375 e. The van der Waals surface area contributed by atoms with Gasteiger partial charge in [0.05, 0.1) is 18.3 Å². The van der Waals surface area contributed by atoms with Crippen molar-refractivity contribution in [1.29, 1.82) is 0 Å². The molecule has 0 radical (unpaired) electrons. The van der Waals surface area contributed by atoms with Crippen LogP contribution in [0.1, 0.15) is 52.8 Å². The number of rotatable bonds is 5. The van der Waals surface area contributed by atoms with Crippen molar-refractivity contribution in [2.75, 3.05) is 19.7 Å². The molecule has 4 rings (SSSR count). The Balaban J connectivity index is 1.34. The Hall–Kier alpha value is -2.41. The standard InChI is InChI=1S/C19H23N5O2/c1-13-8-16(23-12-22-13)4-5-17-11-24(6-7-26-17)19(25)15-9-20-18(21-10-15)14-2-3-14/h8-10,12,14,17H,2-7,11H2,1H3/t17-/m1/s1. The maximum Gasteiger partial charge on any atom is 0.257 e. The Morgan fingerprint density at radius 2 is 2.04 bits per heavy atom. The molecule has 1 saturated carbocycles. The van der Waals surface area contributed by atoms with Gasteiger partial charge in [-0.15, -0.1) is 0 Å². The predicted octanol–water partition coefficient (Wildman–Crippen LogP) is 1.93. The van der Waals surface area contributed by atoms with Crippen LogP contribution in [0.25, 0.3) is 0 Å². The van der Waals surface area contributed by atoms with Crippen LogP contribution in [0.15, 0.2) is 24.8 Å². The zero-order chi connectivity index (χ0) is 17.9. The predicted molar refractivity (Wildman–Crippen MR) is 94.7 cm³/mol. The molecule has 0 N–H and O–H groups in total. The first kappa shape index (κ1) is 17.0. The molecular formula is C19H23N5O2. The van der Waals surface area contributed by atoms with Crippen LogP contribution in [0.4, 0.5) is 0 Å². The Morgan fingerprint density at radius 3 is 2.77 bits per heavy atom. The molecule has 1 aliphatic heterocycles.